The summed E-state index contributed by atoms with van der Waals surface area (Å²) in [5.74, 6) is -0.177. The van der Waals surface area contributed by atoms with Gasteiger partial charge in [0.2, 0.25) is 11.8 Å². The molecular formula is C33H43N3O6S. The van der Waals surface area contributed by atoms with Crippen LogP contribution in [0, 0.1) is 20.8 Å². The number of amides is 2. The van der Waals surface area contributed by atoms with Crippen LogP contribution in [0.15, 0.2) is 65.6 Å². The highest BCUT2D eigenvalue weighted by Crippen LogP contribution is 2.33. The number of aryl methyl sites for hydroxylation is 3. The lowest BCUT2D eigenvalue weighted by Crippen LogP contribution is -2.53. The van der Waals surface area contributed by atoms with E-state index < -0.39 is 28.5 Å². The summed E-state index contributed by atoms with van der Waals surface area (Å²) in [6.07, 6.45) is 0.349. The Hall–Kier alpha value is -4.05. The van der Waals surface area contributed by atoms with Gasteiger partial charge in [-0.2, -0.15) is 0 Å². The summed E-state index contributed by atoms with van der Waals surface area (Å²) in [5.41, 5.74) is 3.88. The van der Waals surface area contributed by atoms with E-state index in [1.54, 1.807) is 12.1 Å². The van der Waals surface area contributed by atoms with Gasteiger partial charge in [0.25, 0.3) is 10.0 Å². The molecule has 0 spiro atoms. The van der Waals surface area contributed by atoms with Crippen molar-refractivity contribution in [2.75, 3.05) is 25.1 Å². The standard InChI is InChI=1S/C33H43N3O6S/c1-9-29(33(38)34-22(2)3)35(20-26-12-10-11-23(4)16-26)32(37)21-36(27-17-24(5)15-25(6)18-27)43(39,40)28-13-14-30(41-7)31(19-28)42-8/h10-19,22,29H,9,20-21H2,1-8H3,(H,34,38)/t29-/m1/s1. The van der Waals surface area contributed by atoms with Crippen molar-refractivity contribution >= 4 is 27.5 Å². The minimum Gasteiger partial charge on any atom is -0.493 e. The molecule has 1 atom stereocenters. The number of hydrogen-bond acceptors (Lipinski definition) is 6. The second kappa shape index (κ2) is 14.4. The first kappa shape index (κ1) is 33.5. The van der Waals surface area contributed by atoms with Gasteiger partial charge in [-0.05, 0) is 82.0 Å². The van der Waals surface area contributed by atoms with E-state index in [2.05, 4.69) is 5.32 Å². The van der Waals surface area contributed by atoms with Gasteiger partial charge < -0.3 is 19.7 Å². The van der Waals surface area contributed by atoms with Gasteiger partial charge in [0.05, 0.1) is 24.8 Å². The molecule has 0 fully saturated rings. The second-order valence-electron chi connectivity index (χ2n) is 11.0. The predicted octanol–water partition coefficient (Wildman–Crippen LogP) is 5.16. The minimum absolute atomic E-state index is 0.0630. The van der Waals surface area contributed by atoms with Gasteiger partial charge in [0, 0.05) is 18.7 Å². The Morgan fingerprint density at radius 3 is 2.07 bits per heavy atom. The van der Waals surface area contributed by atoms with Crippen LogP contribution in [-0.4, -0.2) is 58.0 Å². The molecule has 0 heterocycles. The summed E-state index contributed by atoms with van der Waals surface area (Å²) in [6, 6.07) is 16.5. The lowest BCUT2D eigenvalue weighted by Gasteiger charge is -2.33. The number of carbonyl (C=O) groups is 2. The quantitative estimate of drug-likeness (QED) is 0.287. The summed E-state index contributed by atoms with van der Waals surface area (Å²) in [7, 11) is -1.38. The highest BCUT2D eigenvalue weighted by Gasteiger charge is 2.34. The van der Waals surface area contributed by atoms with Crippen LogP contribution in [0.3, 0.4) is 0 Å². The van der Waals surface area contributed by atoms with Crippen LogP contribution in [0.5, 0.6) is 11.5 Å². The predicted molar refractivity (Wildman–Crippen MR) is 169 cm³/mol. The Morgan fingerprint density at radius 2 is 1.51 bits per heavy atom. The van der Waals surface area contributed by atoms with Gasteiger partial charge in [0.1, 0.15) is 12.6 Å². The molecule has 0 aliphatic heterocycles. The van der Waals surface area contributed by atoms with E-state index >= 15 is 0 Å². The van der Waals surface area contributed by atoms with Crippen molar-refractivity contribution < 1.29 is 27.5 Å². The first-order valence-electron chi connectivity index (χ1n) is 14.3. The highest BCUT2D eigenvalue weighted by atomic mass is 32.2. The first-order valence-corrected chi connectivity index (χ1v) is 15.7. The molecule has 43 heavy (non-hydrogen) atoms. The maximum absolute atomic E-state index is 14.3. The fraction of sp³-hybridized carbons (Fsp3) is 0.394. The Kier molecular flexibility index (Phi) is 11.2. The van der Waals surface area contributed by atoms with Crippen molar-refractivity contribution in [1.29, 1.82) is 0 Å². The summed E-state index contributed by atoms with van der Waals surface area (Å²) < 4.78 is 40.3. The Bertz CT molecular complexity index is 1530. The molecule has 0 aliphatic rings. The number of anilines is 1. The number of rotatable bonds is 13. The largest absolute Gasteiger partial charge is 0.493 e. The molecule has 0 saturated heterocycles. The Labute approximate surface area is 255 Å². The van der Waals surface area contributed by atoms with Crippen LogP contribution in [0.25, 0.3) is 0 Å². The third-order valence-corrected chi connectivity index (χ3v) is 8.74. The molecule has 232 valence electrons. The van der Waals surface area contributed by atoms with E-state index in [4.69, 9.17) is 9.47 Å². The number of nitrogens with zero attached hydrogens (tertiary/aromatic N) is 2. The maximum atomic E-state index is 14.3. The average Bonchev–Trinajstić information content (AvgIpc) is 2.94. The van der Waals surface area contributed by atoms with E-state index in [1.807, 2.05) is 71.9 Å². The normalized spacial score (nSPS) is 12.0. The van der Waals surface area contributed by atoms with Gasteiger partial charge in [-0.1, -0.05) is 42.8 Å². The summed E-state index contributed by atoms with van der Waals surface area (Å²) in [5, 5.41) is 2.92. The zero-order valence-corrected chi connectivity index (χ0v) is 27.1. The van der Waals surface area contributed by atoms with Crippen LogP contribution in [0.4, 0.5) is 5.69 Å². The van der Waals surface area contributed by atoms with Gasteiger partial charge in [0.15, 0.2) is 11.5 Å². The molecule has 1 N–H and O–H groups in total. The van der Waals surface area contributed by atoms with Crippen molar-refractivity contribution in [2.45, 2.75) is 71.5 Å². The first-order chi connectivity index (χ1) is 20.3. The SMILES string of the molecule is CC[C@H](C(=O)NC(C)C)N(Cc1cccc(C)c1)C(=O)CN(c1cc(C)cc(C)c1)S(=O)(=O)c1ccc(OC)c(OC)c1. The molecule has 2 amide bonds. The van der Waals surface area contributed by atoms with Crippen molar-refractivity contribution in [3.8, 4) is 11.5 Å². The fourth-order valence-electron chi connectivity index (χ4n) is 5.03. The molecule has 3 aromatic rings. The highest BCUT2D eigenvalue weighted by molar-refractivity contribution is 7.92. The van der Waals surface area contributed by atoms with E-state index in [0.717, 1.165) is 26.6 Å². The molecule has 9 nitrogen and oxygen atoms in total. The Balaban J connectivity index is 2.14. The number of carbonyl (C=O) groups excluding carboxylic acids is 2. The number of sulfonamides is 1. The fourth-order valence-corrected chi connectivity index (χ4v) is 6.45. The van der Waals surface area contributed by atoms with E-state index in [-0.39, 0.29) is 29.1 Å². The van der Waals surface area contributed by atoms with Crippen LogP contribution >= 0.6 is 0 Å². The lowest BCUT2D eigenvalue weighted by atomic mass is 10.1. The van der Waals surface area contributed by atoms with Crippen molar-refractivity contribution in [1.82, 2.24) is 10.2 Å². The average molecular weight is 610 g/mol. The van der Waals surface area contributed by atoms with Gasteiger partial charge in [-0.3, -0.25) is 13.9 Å². The summed E-state index contributed by atoms with van der Waals surface area (Å²) >= 11 is 0. The summed E-state index contributed by atoms with van der Waals surface area (Å²) in [4.78, 5) is 29.0. The van der Waals surface area contributed by atoms with E-state index in [9.17, 15) is 18.0 Å². The van der Waals surface area contributed by atoms with Crippen molar-refractivity contribution in [2.24, 2.45) is 0 Å². The number of methoxy groups -OCH3 is 2. The van der Waals surface area contributed by atoms with E-state index in [0.29, 0.717) is 17.9 Å². The van der Waals surface area contributed by atoms with Gasteiger partial charge in [-0.25, -0.2) is 8.42 Å². The molecule has 0 unspecified atom stereocenters. The van der Waals surface area contributed by atoms with Crippen LogP contribution in [-0.2, 0) is 26.2 Å². The molecule has 0 saturated carbocycles. The maximum Gasteiger partial charge on any atom is 0.264 e. The zero-order chi connectivity index (χ0) is 31.9. The molecule has 0 aromatic heterocycles. The molecule has 3 rings (SSSR count). The molecule has 0 bridgehead atoms. The smallest absolute Gasteiger partial charge is 0.264 e. The third-order valence-electron chi connectivity index (χ3n) is 6.97. The topological polar surface area (TPSA) is 105 Å². The third kappa shape index (κ3) is 8.28. The van der Waals surface area contributed by atoms with Gasteiger partial charge in [-0.15, -0.1) is 0 Å². The van der Waals surface area contributed by atoms with Crippen molar-refractivity contribution in [3.05, 3.63) is 82.9 Å². The number of benzene rings is 3. The van der Waals surface area contributed by atoms with Crippen LogP contribution in [0.2, 0.25) is 0 Å². The molecule has 0 aliphatic carbocycles. The van der Waals surface area contributed by atoms with E-state index in [1.165, 1.54) is 37.3 Å². The van der Waals surface area contributed by atoms with Gasteiger partial charge >= 0.3 is 0 Å². The molecule has 3 aromatic carbocycles. The molecular weight excluding hydrogens is 566 g/mol. The monoisotopic (exact) mass is 609 g/mol. The van der Waals surface area contributed by atoms with Crippen molar-refractivity contribution in [3.63, 3.8) is 0 Å². The molecule has 10 heteroatoms. The molecule has 0 radical (unpaired) electrons. The number of nitrogens with one attached hydrogen (secondary N) is 1. The number of hydrogen-bond donors (Lipinski definition) is 1. The zero-order valence-electron chi connectivity index (χ0n) is 26.3. The summed E-state index contributed by atoms with van der Waals surface area (Å²) in [6.45, 7) is 10.9. The van der Waals surface area contributed by atoms with Crippen LogP contribution in [0.1, 0.15) is 49.4 Å². The van der Waals surface area contributed by atoms with Crippen LogP contribution < -0.4 is 19.1 Å². The second-order valence-corrected chi connectivity index (χ2v) is 12.8. The minimum atomic E-state index is -4.28. The Morgan fingerprint density at radius 1 is 0.860 bits per heavy atom. The number of ether oxygens (including phenoxy) is 2. The lowest BCUT2D eigenvalue weighted by molar-refractivity contribution is -0.140.